The number of aromatic hydroxyl groups is 1. The van der Waals surface area contributed by atoms with Gasteiger partial charge in [0.05, 0.1) is 6.42 Å². The second kappa shape index (κ2) is 7.57. The van der Waals surface area contributed by atoms with Crippen molar-refractivity contribution in [3.05, 3.63) is 53.3 Å². The maximum atomic E-state index is 12.3. The molecule has 8 heteroatoms. The molecule has 1 aliphatic rings. The van der Waals surface area contributed by atoms with E-state index in [9.17, 15) is 19.3 Å². The van der Waals surface area contributed by atoms with E-state index in [1.54, 1.807) is 18.2 Å². The number of carbonyl (C=O) groups excluding carboxylic acids is 2. The third-order valence-corrected chi connectivity index (χ3v) is 4.03. The van der Waals surface area contributed by atoms with Crippen molar-refractivity contribution in [1.29, 1.82) is 0 Å². The van der Waals surface area contributed by atoms with Crippen molar-refractivity contribution < 1.29 is 29.0 Å². The van der Waals surface area contributed by atoms with Gasteiger partial charge in [0.1, 0.15) is 5.75 Å². The molecule has 1 aromatic carbocycles. The van der Waals surface area contributed by atoms with Gasteiger partial charge in [0.25, 0.3) is 0 Å². The normalized spacial score (nSPS) is 14.8. The first-order valence-corrected chi connectivity index (χ1v) is 8.95. The van der Waals surface area contributed by atoms with Gasteiger partial charge in [-0.25, -0.2) is 4.57 Å². The van der Waals surface area contributed by atoms with Gasteiger partial charge in [0.2, 0.25) is 0 Å². The van der Waals surface area contributed by atoms with E-state index < -0.39 is 7.75 Å². The summed E-state index contributed by atoms with van der Waals surface area (Å²) >= 11 is 0. The highest BCUT2D eigenvalue weighted by atomic mass is 31.2. The second-order valence-electron chi connectivity index (χ2n) is 5.47. The van der Waals surface area contributed by atoms with Crippen LogP contribution < -0.4 is 5.09 Å². The fourth-order valence-electron chi connectivity index (χ4n) is 2.44. The third-order valence-electron chi connectivity index (χ3n) is 3.47. The maximum absolute atomic E-state index is 12.3. The number of nitrogens with one attached hydrogen (secondary N) is 1. The van der Waals surface area contributed by atoms with Gasteiger partial charge in [-0.1, -0.05) is 12.1 Å². The Morgan fingerprint density at radius 2 is 2.00 bits per heavy atom. The highest BCUT2D eigenvalue weighted by molar-refractivity contribution is 7.49. The molecule has 128 valence electrons. The van der Waals surface area contributed by atoms with Crippen LogP contribution in [0.4, 0.5) is 0 Å². The molecule has 0 aromatic heterocycles. The average Bonchev–Trinajstić information content (AvgIpc) is 2.45. The first-order chi connectivity index (χ1) is 11.2. The monoisotopic (exact) mass is 351 g/mol. The SMILES string of the molecule is O=C1C=CC(C(=O)CCCc2cccc(O)c2)=C(NP(=O)(O)O)C1. The molecule has 1 aliphatic carbocycles. The lowest BCUT2D eigenvalue weighted by Gasteiger charge is -2.17. The molecule has 1 aromatic rings. The molecule has 0 saturated carbocycles. The Hall–Kier alpha value is -2.21. The lowest BCUT2D eigenvalue weighted by Crippen LogP contribution is -2.20. The Morgan fingerprint density at radius 3 is 2.67 bits per heavy atom. The summed E-state index contributed by atoms with van der Waals surface area (Å²) in [4.78, 5) is 41.7. The summed E-state index contributed by atoms with van der Waals surface area (Å²) < 4.78 is 11.1. The predicted octanol–water partition coefficient (Wildman–Crippen LogP) is 1.75. The fourth-order valence-corrected chi connectivity index (χ4v) is 2.99. The number of aryl methyl sites for hydroxylation is 1. The van der Waals surface area contributed by atoms with E-state index in [2.05, 4.69) is 0 Å². The second-order valence-corrected chi connectivity index (χ2v) is 6.78. The highest BCUT2D eigenvalue weighted by Crippen LogP contribution is 2.33. The molecule has 0 unspecified atom stereocenters. The Labute approximate surface area is 138 Å². The van der Waals surface area contributed by atoms with Crippen molar-refractivity contribution in [3.8, 4) is 5.75 Å². The van der Waals surface area contributed by atoms with Crippen molar-refractivity contribution >= 4 is 19.3 Å². The molecule has 0 bridgehead atoms. The van der Waals surface area contributed by atoms with Crippen LogP contribution in [-0.4, -0.2) is 26.5 Å². The van der Waals surface area contributed by atoms with Crippen molar-refractivity contribution in [2.45, 2.75) is 25.7 Å². The summed E-state index contributed by atoms with van der Waals surface area (Å²) in [7, 11) is -4.59. The van der Waals surface area contributed by atoms with Crippen LogP contribution in [0.3, 0.4) is 0 Å². The van der Waals surface area contributed by atoms with Gasteiger partial charge in [-0.05, 0) is 42.7 Å². The summed E-state index contributed by atoms with van der Waals surface area (Å²) in [5, 5.41) is 11.4. The molecule has 0 amide bonds. The van der Waals surface area contributed by atoms with Gasteiger partial charge in [-0.3, -0.25) is 14.7 Å². The maximum Gasteiger partial charge on any atom is 0.427 e. The lowest BCUT2D eigenvalue weighted by atomic mass is 9.96. The van der Waals surface area contributed by atoms with Crippen LogP contribution in [0.2, 0.25) is 0 Å². The first-order valence-electron chi connectivity index (χ1n) is 7.33. The molecule has 0 saturated heterocycles. The van der Waals surface area contributed by atoms with Gasteiger partial charge in [-0.15, -0.1) is 0 Å². The molecule has 0 spiro atoms. The molecule has 0 atom stereocenters. The number of ketones is 2. The Morgan fingerprint density at radius 1 is 1.25 bits per heavy atom. The van der Waals surface area contributed by atoms with Crippen molar-refractivity contribution in [2.75, 3.05) is 0 Å². The molecule has 2 rings (SSSR count). The average molecular weight is 351 g/mol. The Balaban J connectivity index is 2.03. The molecule has 4 N–H and O–H groups in total. The molecule has 0 aliphatic heterocycles. The number of phenols is 1. The van der Waals surface area contributed by atoms with Crippen molar-refractivity contribution in [1.82, 2.24) is 5.09 Å². The van der Waals surface area contributed by atoms with Crippen LogP contribution >= 0.6 is 7.75 Å². The number of phenolic OH excluding ortho intramolecular Hbond substituents is 1. The lowest BCUT2D eigenvalue weighted by molar-refractivity contribution is -0.115. The zero-order valence-electron chi connectivity index (χ0n) is 12.8. The van der Waals surface area contributed by atoms with Crippen LogP contribution in [0, 0.1) is 0 Å². The molecular weight excluding hydrogens is 333 g/mol. The number of hydrogen-bond donors (Lipinski definition) is 4. The molecule has 0 heterocycles. The van der Waals surface area contributed by atoms with Gasteiger partial charge >= 0.3 is 7.75 Å². The Kier molecular flexibility index (Phi) is 5.72. The smallest absolute Gasteiger partial charge is 0.427 e. The Bertz CT molecular complexity index is 762. The quantitative estimate of drug-likeness (QED) is 0.552. The van der Waals surface area contributed by atoms with E-state index >= 15 is 0 Å². The zero-order chi connectivity index (χ0) is 17.7. The summed E-state index contributed by atoms with van der Waals surface area (Å²) in [5.41, 5.74) is 0.965. The zero-order valence-corrected chi connectivity index (χ0v) is 13.7. The van der Waals surface area contributed by atoms with Gasteiger partial charge in [0, 0.05) is 17.7 Å². The number of rotatable bonds is 7. The summed E-state index contributed by atoms with van der Waals surface area (Å²) in [5.74, 6) is -0.472. The third kappa shape index (κ3) is 5.45. The topological polar surface area (TPSA) is 124 Å². The number of Topliss-reactive ketones (excluding diaryl/α,β-unsaturated/α-hetero) is 1. The van der Waals surface area contributed by atoms with Gasteiger partial charge in [0.15, 0.2) is 11.6 Å². The van der Waals surface area contributed by atoms with E-state index in [1.165, 1.54) is 12.2 Å². The van der Waals surface area contributed by atoms with Crippen molar-refractivity contribution in [3.63, 3.8) is 0 Å². The highest BCUT2D eigenvalue weighted by Gasteiger charge is 2.24. The van der Waals surface area contributed by atoms with E-state index in [4.69, 9.17) is 9.79 Å². The molecule has 7 nitrogen and oxygen atoms in total. The van der Waals surface area contributed by atoms with Gasteiger partial charge < -0.3 is 14.9 Å². The summed E-state index contributed by atoms with van der Waals surface area (Å²) in [6, 6.07) is 6.73. The number of benzene rings is 1. The van der Waals surface area contributed by atoms with E-state index in [0.29, 0.717) is 12.8 Å². The molecule has 0 radical (unpaired) electrons. The van der Waals surface area contributed by atoms with Gasteiger partial charge in [-0.2, -0.15) is 0 Å². The van der Waals surface area contributed by atoms with Crippen LogP contribution in [0.1, 0.15) is 24.8 Å². The fraction of sp³-hybridized carbons (Fsp3) is 0.250. The number of hydrogen-bond acceptors (Lipinski definition) is 4. The van der Waals surface area contributed by atoms with Crippen molar-refractivity contribution in [2.24, 2.45) is 0 Å². The number of carbonyl (C=O) groups is 2. The standard InChI is InChI=1S/C16H18NO6P/c18-12-5-1-3-11(9-12)4-2-6-16(20)14-8-7-13(19)10-15(14)17-24(21,22)23/h1,3,5,7-9,18H,2,4,6,10H2,(H3,17,21,22,23). The minimum Gasteiger partial charge on any atom is -0.508 e. The molecule has 0 fully saturated rings. The van der Waals surface area contributed by atoms with Crippen LogP contribution in [0.5, 0.6) is 5.75 Å². The minimum absolute atomic E-state index is 0.0433. The van der Waals surface area contributed by atoms with E-state index in [1.807, 2.05) is 11.2 Å². The first kappa shape index (κ1) is 18.1. The van der Waals surface area contributed by atoms with E-state index in [0.717, 1.165) is 5.56 Å². The molecule has 24 heavy (non-hydrogen) atoms. The minimum atomic E-state index is -4.59. The van der Waals surface area contributed by atoms with Crippen LogP contribution in [-0.2, 0) is 20.6 Å². The molecular formula is C16H18NO6P. The van der Waals surface area contributed by atoms with Crippen LogP contribution in [0.25, 0.3) is 0 Å². The summed E-state index contributed by atoms with van der Waals surface area (Å²) in [6.45, 7) is 0. The summed E-state index contributed by atoms with van der Waals surface area (Å²) in [6.07, 6.45) is 3.53. The predicted molar refractivity (Wildman–Crippen MR) is 87.0 cm³/mol. The van der Waals surface area contributed by atoms with E-state index in [-0.39, 0.29) is 41.4 Å². The largest absolute Gasteiger partial charge is 0.508 e. The van der Waals surface area contributed by atoms with Crippen LogP contribution in [0.15, 0.2) is 47.7 Å². The number of allylic oxidation sites excluding steroid dienone is 4.